The zero-order valence-electron chi connectivity index (χ0n) is 16.5. The van der Waals surface area contributed by atoms with Crippen LogP contribution in [0.25, 0.3) is 10.4 Å². The third-order valence-corrected chi connectivity index (χ3v) is 6.35. The first kappa shape index (κ1) is 25.2. The molecule has 0 heterocycles. The molecule has 0 aromatic carbocycles. The molecular formula is C16H27N5O4S2. The summed E-state index contributed by atoms with van der Waals surface area (Å²) in [5.41, 5.74) is 7.87. The lowest BCUT2D eigenvalue weighted by atomic mass is 10.1. The van der Waals surface area contributed by atoms with E-state index in [2.05, 4.69) is 15.3 Å². The van der Waals surface area contributed by atoms with Crippen molar-refractivity contribution in [3.05, 3.63) is 10.4 Å². The third kappa shape index (κ3) is 14.0. The van der Waals surface area contributed by atoms with Crippen molar-refractivity contribution in [3.63, 3.8) is 0 Å². The lowest BCUT2D eigenvalue weighted by Gasteiger charge is -2.26. The predicted molar refractivity (Wildman–Crippen MR) is 107 cm³/mol. The molecule has 0 bridgehead atoms. The number of hydrogen-bond donors (Lipinski definition) is 1. The Morgan fingerprint density at radius 1 is 1.30 bits per heavy atom. The number of hydrogen-bond acceptors (Lipinski definition) is 8. The number of esters is 1. The van der Waals surface area contributed by atoms with Gasteiger partial charge in [-0.25, -0.2) is 9.59 Å². The molecule has 0 saturated heterocycles. The number of carbonyl (C=O) groups excluding carboxylic acids is 2. The number of alkyl carbamates (subject to hydrolysis) is 1. The first-order chi connectivity index (χ1) is 12.4. The second kappa shape index (κ2) is 11.8. The van der Waals surface area contributed by atoms with Crippen LogP contribution in [0.3, 0.4) is 0 Å². The fraction of sp³-hybridized carbons (Fsp3) is 0.812. The zero-order valence-corrected chi connectivity index (χ0v) is 18.1. The molecule has 0 radical (unpaired) electrons. The van der Waals surface area contributed by atoms with Crippen molar-refractivity contribution in [2.45, 2.75) is 69.6 Å². The van der Waals surface area contributed by atoms with E-state index in [1.165, 1.54) is 10.8 Å². The maximum absolute atomic E-state index is 12.3. The number of nitriles is 1. The van der Waals surface area contributed by atoms with Crippen LogP contribution in [0.2, 0.25) is 0 Å². The smallest absolute Gasteiger partial charge is 0.408 e. The van der Waals surface area contributed by atoms with Gasteiger partial charge in [-0.15, -0.1) is 0 Å². The van der Waals surface area contributed by atoms with Crippen LogP contribution in [-0.2, 0) is 14.3 Å². The molecule has 0 aromatic heterocycles. The molecule has 1 amide bonds. The van der Waals surface area contributed by atoms with Crippen LogP contribution < -0.4 is 5.32 Å². The molecule has 0 saturated carbocycles. The SMILES string of the molecule is CC(C)(C)OC(=O)NC(C[C@@H](CN=[N+]=[N-])SSC(C)(C)C)C(=O)OCC#N. The largest absolute Gasteiger partial charge is 0.449 e. The van der Waals surface area contributed by atoms with E-state index < -0.39 is 30.3 Å². The first-order valence-corrected chi connectivity index (χ1v) is 10.5. The number of nitrogens with one attached hydrogen (secondary N) is 1. The number of rotatable bonds is 9. The van der Waals surface area contributed by atoms with E-state index in [-0.39, 0.29) is 23.0 Å². The summed E-state index contributed by atoms with van der Waals surface area (Å²) >= 11 is 0. The van der Waals surface area contributed by atoms with Crippen molar-refractivity contribution in [2.24, 2.45) is 5.11 Å². The lowest BCUT2D eigenvalue weighted by Crippen LogP contribution is -2.45. The summed E-state index contributed by atoms with van der Waals surface area (Å²) in [7, 11) is 3.04. The Kier molecular flexibility index (Phi) is 11.1. The van der Waals surface area contributed by atoms with Crippen LogP contribution in [-0.4, -0.2) is 46.9 Å². The molecule has 1 N–H and O–H groups in total. The van der Waals surface area contributed by atoms with E-state index in [1.807, 2.05) is 20.8 Å². The minimum Gasteiger partial charge on any atom is -0.449 e. The normalized spacial score (nSPS) is 13.5. The Labute approximate surface area is 167 Å². The van der Waals surface area contributed by atoms with Crippen LogP contribution in [0, 0.1) is 11.3 Å². The molecule has 0 aliphatic rings. The average molecular weight is 418 g/mol. The minimum atomic E-state index is -1.03. The molecule has 152 valence electrons. The number of amides is 1. The van der Waals surface area contributed by atoms with Gasteiger partial charge >= 0.3 is 12.1 Å². The van der Waals surface area contributed by atoms with Crippen LogP contribution in [0.15, 0.2) is 5.11 Å². The van der Waals surface area contributed by atoms with Gasteiger partial charge in [-0.1, -0.05) is 47.5 Å². The summed E-state index contributed by atoms with van der Waals surface area (Å²) in [5, 5.41) is 14.4. The highest BCUT2D eigenvalue weighted by Crippen LogP contribution is 2.39. The molecular weight excluding hydrogens is 390 g/mol. The van der Waals surface area contributed by atoms with Crippen LogP contribution in [0.5, 0.6) is 0 Å². The quantitative estimate of drug-likeness (QED) is 0.195. The van der Waals surface area contributed by atoms with Gasteiger partial charge in [-0.3, -0.25) is 0 Å². The van der Waals surface area contributed by atoms with Crippen LogP contribution >= 0.6 is 21.6 Å². The van der Waals surface area contributed by atoms with Gasteiger partial charge in [0.15, 0.2) is 6.61 Å². The van der Waals surface area contributed by atoms with Crippen LogP contribution in [0.1, 0.15) is 48.0 Å². The first-order valence-electron chi connectivity index (χ1n) is 8.26. The van der Waals surface area contributed by atoms with Crippen molar-refractivity contribution in [1.82, 2.24) is 5.32 Å². The summed E-state index contributed by atoms with van der Waals surface area (Å²) in [6.07, 6.45) is -0.603. The fourth-order valence-corrected chi connectivity index (χ4v) is 4.13. The Morgan fingerprint density at radius 3 is 2.41 bits per heavy atom. The molecule has 0 spiro atoms. The summed E-state index contributed by atoms with van der Waals surface area (Å²) < 4.78 is 9.98. The fourth-order valence-electron chi connectivity index (χ4n) is 1.61. The third-order valence-electron chi connectivity index (χ3n) is 2.54. The number of nitrogens with zero attached hydrogens (tertiary/aromatic N) is 4. The Bertz CT molecular complexity index is 589. The monoisotopic (exact) mass is 417 g/mol. The molecule has 0 aromatic rings. The zero-order chi connectivity index (χ0) is 21.1. The van der Waals surface area contributed by atoms with E-state index in [9.17, 15) is 9.59 Å². The van der Waals surface area contributed by atoms with Gasteiger partial charge in [0.25, 0.3) is 0 Å². The average Bonchev–Trinajstić information content (AvgIpc) is 2.51. The molecule has 0 aliphatic heterocycles. The van der Waals surface area contributed by atoms with Gasteiger partial charge in [0.05, 0.1) is 0 Å². The van der Waals surface area contributed by atoms with Gasteiger partial charge in [0.1, 0.15) is 17.7 Å². The number of ether oxygens (including phenoxy) is 2. The molecule has 2 atom stereocenters. The maximum Gasteiger partial charge on any atom is 0.408 e. The maximum atomic E-state index is 12.3. The molecule has 1 unspecified atom stereocenters. The summed E-state index contributed by atoms with van der Waals surface area (Å²) in [6.45, 7) is 10.9. The van der Waals surface area contributed by atoms with Gasteiger partial charge in [-0.2, -0.15) is 5.26 Å². The van der Waals surface area contributed by atoms with Crippen molar-refractivity contribution in [3.8, 4) is 6.07 Å². The predicted octanol–water partition coefficient (Wildman–Crippen LogP) is 4.20. The van der Waals surface area contributed by atoms with Gasteiger partial charge in [0, 0.05) is 21.5 Å². The second-order valence-electron chi connectivity index (χ2n) is 7.53. The van der Waals surface area contributed by atoms with Gasteiger partial charge < -0.3 is 14.8 Å². The number of carbonyl (C=O) groups is 2. The summed E-state index contributed by atoms with van der Waals surface area (Å²) in [4.78, 5) is 27.1. The lowest BCUT2D eigenvalue weighted by molar-refractivity contribution is -0.144. The van der Waals surface area contributed by atoms with E-state index in [4.69, 9.17) is 20.3 Å². The van der Waals surface area contributed by atoms with E-state index in [1.54, 1.807) is 37.6 Å². The van der Waals surface area contributed by atoms with Crippen LogP contribution in [0.4, 0.5) is 4.79 Å². The molecule has 11 heteroatoms. The van der Waals surface area contributed by atoms with Gasteiger partial charge in [-0.05, 0) is 32.7 Å². The van der Waals surface area contributed by atoms with E-state index in [0.717, 1.165) is 0 Å². The van der Waals surface area contributed by atoms with E-state index in [0.29, 0.717) is 0 Å². The Morgan fingerprint density at radius 2 is 1.93 bits per heavy atom. The second-order valence-corrected chi connectivity index (χ2v) is 10.9. The van der Waals surface area contributed by atoms with Crippen molar-refractivity contribution < 1.29 is 19.1 Å². The molecule has 0 rings (SSSR count). The molecule has 0 fully saturated rings. The topological polar surface area (TPSA) is 137 Å². The minimum absolute atomic E-state index is 0.0469. The summed E-state index contributed by atoms with van der Waals surface area (Å²) in [5.74, 6) is -0.741. The Hall–Kier alpha value is -1.76. The van der Waals surface area contributed by atoms with Crippen molar-refractivity contribution in [2.75, 3.05) is 13.2 Å². The van der Waals surface area contributed by atoms with Crippen molar-refractivity contribution >= 4 is 33.7 Å². The Balaban J connectivity index is 5.22. The van der Waals surface area contributed by atoms with E-state index >= 15 is 0 Å². The highest BCUT2D eigenvalue weighted by molar-refractivity contribution is 8.77. The molecule has 27 heavy (non-hydrogen) atoms. The van der Waals surface area contributed by atoms with Gasteiger partial charge in [0.2, 0.25) is 0 Å². The van der Waals surface area contributed by atoms with Crippen molar-refractivity contribution in [1.29, 1.82) is 5.26 Å². The number of azide groups is 1. The molecule has 9 nitrogen and oxygen atoms in total. The molecule has 0 aliphatic carbocycles. The highest BCUT2D eigenvalue weighted by Gasteiger charge is 2.29. The highest BCUT2D eigenvalue weighted by atomic mass is 33.1. The summed E-state index contributed by atoms with van der Waals surface area (Å²) in [6, 6.07) is 0.687. The standard InChI is InChI=1S/C16H27N5O4S2/c1-15(2,3)25-14(23)20-12(13(22)24-8-7-17)9-11(10-19-21-18)26-27-16(4,5)6/h11-12H,8-10H2,1-6H3,(H,20,23)/t11-,12?/m0/s1.